The van der Waals surface area contributed by atoms with Gasteiger partial charge in [-0.25, -0.2) is 9.48 Å². The third-order valence-electron chi connectivity index (χ3n) is 3.80. The van der Waals surface area contributed by atoms with Crippen LogP contribution in [0.1, 0.15) is 26.4 Å². The average molecular weight is 386 g/mol. The molecule has 0 saturated carbocycles. The molecule has 0 aliphatic heterocycles. The summed E-state index contributed by atoms with van der Waals surface area (Å²) in [6.45, 7) is 0.358. The Morgan fingerprint density at radius 3 is 2.44 bits per heavy atom. The molecule has 8 nitrogen and oxygen atoms in total. The Bertz CT molecular complexity index is 968. The van der Waals surface area contributed by atoms with Crippen LogP contribution in [0.5, 0.6) is 0 Å². The van der Waals surface area contributed by atoms with E-state index in [4.69, 9.17) is 17.3 Å². The fourth-order valence-corrected chi connectivity index (χ4v) is 2.49. The lowest BCUT2D eigenvalue weighted by atomic mass is 10.2. The van der Waals surface area contributed by atoms with Crippen molar-refractivity contribution in [1.29, 1.82) is 0 Å². The Labute approximate surface area is 159 Å². The second-order valence-electron chi connectivity index (χ2n) is 5.63. The number of hydrogen-bond donors (Lipinski definition) is 2. The van der Waals surface area contributed by atoms with E-state index in [9.17, 15) is 9.59 Å². The summed E-state index contributed by atoms with van der Waals surface area (Å²) in [5, 5.41) is 11.1. The van der Waals surface area contributed by atoms with Crippen LogP contribution in [0.25, 0.3) is 0 Å². The molecule has 0 radical (unpaired) electrons. The summed E-state index contributed by atoms with van der Waals surface area (Å²) in [4.78, 5) is 23.8. The number of rotatable bonds is 5. The summed E-state index contributed by atoms with van der Waals surface area (Å²) in [6, 6.07) is 13.4. The van der Waals surface area contributed by atoms with Crippen LogP contribution in [0.2, 0.25) is 5.02 Å². The van der Waals surface area contributed by atoms with E-state index < -0.39 is 11.9 Å². The van der Waals surface area contributed by atoms with E-state index in [1.165, 1.54) is 11.8 Å². The third-order valence-corrected chi connectivity index (χ3v) is 4.05. The number of anilines is 2. The Morgan fingerprint density at radius 2 is 1.81 bits per heavy atom. The number of carbonyl (C=O) groups is 2. The molecule has 27 heavy (non-hydrogen) atoms. The van der Waals surface area contributed by atoms with Gasteiger partial charge in [-0.1, -0.05) is 28.9 Å². The lowest BCUT2D eigenvalue weighted by molar-refractivity contribution is 0.0600. The topological polar surface area (TPSA) is 112 Å². The molecule has 1 heterocycles. The molecular weight excluding hydrogens is 370 g/mol. The predicted octanol–water partition coefficient (Wildman–Crippen LogP) is 2.60. The van der Waals surface area contributed by atoms with Crippen LogP contribution in [0, 0.1) is 0 Å². The molecule has 0 fully saturated rings. The highest BCUT2D eigenvalue weighted by Gasteiger charge is 2.18. The molecule has 138 valence electrons. The van der Waals surface area contributed by atoms with Crippen LogP contribution in [-0.2, 0) is 11.3 Å². The van der Waals surface area contributed by atoms with Gasteiger partial charge in [-0.2, -0.15) is 0 Å². The Kier molecular flexibility index (Phi) is 5.37. The molecule has 3 rings (SSSR count). The number of benzene rings is 2. The van der Waals surface area contributed by atoms with Gasteiger partial charge in [0.1, 0.15) is 0 Å². The standard InChI is InChI=1S/C18H16ClN5O3/c1-27-18(26)12-4-8-14(9-5-12)21-17(25)15-16(20)24(23-22-15)10-11-2-6-13(19)7-3-11/h2-9H,10,20H2,1H3,(H,21,25). The summed E-state index contributed by atoms with van der Waals surface area (Å²) < 4.78 is 6.06. The first-order valence-corrected chi connectivity index (χ1v) is 8.29. The zero-order valence-electron chi connectivity index (χ0n) is 14.3. The van der Waals surface area contributed by atoms with Crippen molar-refractivity contribution in [2.24, 2.45) is 0 Å². The first-order chi connectivity index (χ1) is 13.0. The van der Waals surface area contributed by atoms with E-state index in [1.807, 2.05) is 12.1 Å². The van der Waals surface area contributed by atoms with E-state index in [0.29, 0.717) is 22.8 Å². The maximum atomic E-state index is 12.4. The molecule has 0 aliphatic rings. The zero-order valence-corrected chi connectivity index (χ0v) is 15.1. The third kappa shape index (κ3) is 4.24. The van der Waals surface area contributed by atoms with Crippen molar-refractivity contribution in [3.63, 3.8) is 0 Å². The average Bonchev–Trinajstić information content (AvgIpc) is 3.04. The van der Waals surface area contributed by atoms with Crippen LogP contribution in [-0.4, -0.2) is 34.0 Å². The van der Waals surface area contributed by atoms with Crippen molar-refractivity contribution >= 4 is 35.0 Å². The van der Waals surface area contributed by atoms with Gasteiger partial charge < -0.3 is 15.8 Å². The molecule has 3 aromatic rings. The normalized spacial score (nSPS) is 10.4. The Hall–Kier alpha value is -3.39. The van der Waals surface area contributed by atoms with E-state index in [-0.39, 0.29) is 11.5 Å². The van der Waals surface area contributed by atoms with Gasteiger partial charge in [-0.3, -0.25) is 4.79 Å². The fraction of sp³-hybridized carbons (Fsp3) is 0.111. The minimum atomic E-state index is -0.499. The molecule has 0 saturated heterocycles. The van der Waals surface area contributed by atoms with Gasteiger partial charge >= 0.3 is 5.97 Å². The molecule has 3 N–H and O–H groups in total. The number of methoxy groups -OCH3 is 1. The summed E-state index contributed by atoms with van der Waals surface area (Å²) >= 11 is 5.87. The van der Waals surface area contributed by atoms with Crippen LogP contribution < -0.4 is 11.1 Å². The molecule has 1 aromatic heterocycles. The lowest BCUT2D eigenvalue weighted by Crippen LogP contribution is -2.15. The van der Waals surface area contributed by atoms with Gasteiger partial charge in [0.2, 0.25) is 0 Å². The molecule has 0 atom stereocenters. The van der Waals surface area contributed by atoms with Gasteiger partial charge in [0.15, 0.2) is 11.5 Å². The highest BCUT2D eigenvalue weighted by Crippen LogP contribution is 2.16. The first-order valence-electron chi connectivity index (χ1n) is 7.91. The van der Waals surface area contributed by atoms with Crippen molar-refractivity contribution in [2.45, 2.75) is 6.54 Å². The van der Waals surface area contributed by atoms with Crippen LogP contribution in [0.15, 0.2) is 48.5 Å². The fourth-order valence-electron chi connectivity index (χ4n) is 2.36. The predicted molar refractivity (Wildman–Crippen MR) is 101 cm³/mol. The quantitative estimate of drug-likeness (QED) is 0.653. The minimum Gasteiger partial charge on any atom is -0.465 e. The molecular formula is C18H16ClN5O3. The number of aromatic nitrogens is 3. The SMILES string of the molecule is COC(=O)c1ccc(NC(=O)c2nnn(Cc3ccc(Cl)cc3)c2N)cc1. The number of nitrogens with one attached hydrogen (secondary N) is 1. The Balaban J connectivity index is 1.71. The number of esters is 1. The van der Waals surface area contributed by atoms with Crippen molar-refractivity contribution in [1.82, 2.24) is 15.0 Å². The molecule has 2 aromatic carbocycles. The highest BCUT2D eigenvalue weighted by atomic mass is 35.5. The smallest absolute Gasteiger partial charge is 0.337 e. The van der Waals surface area contributed by atoms with Crippen molar-refractivity contribution in [3.8, 4) is 0 Å². The summed E-state index contributed by atoms with van der Waals surface area (Å²) in [6.07, 6.45) is 0. The zero-order chi connectivity index (χ0) is 19.4. The van der Waals surface area contributed by atoms with Crippen LogP contribution >= 0.6 is 11.6 Å². The monoisotopic (exact) mass is 385 g/mol. The van der Waals surface area contributed by atoms with E-state index >= 15 is 0 Å². The van der Waals surface area contributed by atoms with Crippen molar-refractivity contribution in [3.05, 3.63) is 70.4 Å². The van der Waals surface area contributed by atoms with Crippen LogP contribution in [0.3, 0.4) is 0 Å². The largest absolute Gasteiger partial charge is 0.465 e. The number of amides is 1. The maximum absolute atomic E-state index is 12.4. The number of nitrogens with two attached hydrogens (primary N) is 1. The van der Waals surface area contributed by atoms with Crippen molar-refractivity contribution < 1.29 is 14.3 Å². The van der Waals surface area contributed by atoms with Crippen LogP contribution in [0.4, 0.5) is 11.5 Å². The molecule has 0 unspecified atom stereocenters. The van der Waals surface area contributed by atoms with Gasteiger partial charge in [0, 0.05) is 10.7 Å². The van der Waals surface area contributed by atoms with Gasteiger partial charge in [-0.15, -0.1) is 5.10 Å². The van der Waals surface area contributed by atoms with Gasteiger partial charge in [-0.05, 0) is 42.0 Å². The van der Waals surface area contributed by atoms with Gasteiger partial charge in [0.05, 0.1) is 19.2 Å². The molecule has 0 bridgehead atoms. The Morgan fingerprint density at radius 1 is 1.15 bits per heavy atom. The number of hydrogen-bond acceptors (Lipinski definition) is 6. The second kappa shape index (κ2) is 7.88. The molecule has 0 aliphatic carbocycles. The lowest BCUT2D eigenvalue weighted by Gasteiger charge is -2.06. The first kappa shape index (κ1) is 18.4. The number of ether oxygens (including phenoxy) is 1. The van der Waals surface area contributed by atoms with Crippen molar-refractivity contribution in [2.75, 3.05) is 18.2 Å². The van der Waals surface area contributed by atoms with Gasteiger partial charge in [0.25, 0.3) is 5.91 Å². The summed E-state index contributed by atoms with van der Waals surface area (Å²) in [5.41, 5.74) is 7.80. The number of nitrogen functional groups attached to an aromatic ring is 1. The highest BCUT2D eigenvalue weighted by molar-refractivity contribution is 6.30. The second-order valence-corrected chi connectivity index (χ2v) is 6.07. The number of halogens is 1. The molecule has 1 amide bonds. The molecule has 9 heteroatoms. The van der Waals surface area contributed by atoms with E-state index in [1.54, 1.807) is 36.4 Å². The number of carbonyl (C=O) groups excluding carboxylic acids is 2. The summed E-state index contributed by atoms with van der Waals surface area (Å²) in [5.74, 6) is -0.809. The van der Waals surface area contributed by atoms with E-state index in [0.717, 1.165) is 5.56 Å². The summed E-state index contributed by atoms with van der Waals surface area (Å²) in [7, 11) is 1.30. The molecule has 0 spiro atoms. The number of nitrogens with zero attached hydrogens (tertiary/aromatic N) is 3. The van der Waals surface area contributed by atoms with E-state index in [2.05, 4.69) is 20.4 Å². The maximum Gasteiger partial charge on any atom is 0.337 e. The minimum absolute atomic E-state index is 0.0148.